The fourth-order valence-electron chi connectivity index (χ4n) is 1.18. The molecule has 0 heterocycles. The van der Waals surface area contributed by atoms with Gasteiger partial charge >= 0.3 is 0 Å². The molecule has 78 valence electrons. The number of aliphatic hydroxyl groups excluding tert-OH is 1. The zero-order valence-electron chi connectivity index (χ0n) is 9.49. The summed E-state index contributed by atoms with van der Waals surface area (Å²) >= 11 is 0. The molecule has 1 rings (SSSR count). The molecule has 0 saturated carbocycles. The molecule has 0 atom stereocenters. The minimum Gasteiger partial charge on any atom is -0.400 e. The molecule has 0 spiro atoms. The van der Waals surface area contributed by atoms with Crippen molar-refractivity contribution < 1.29 is 5.11 Å². The first-order valence-electron chi connectivity index (χ1n) is 4.91. The fraction of sp³-hybridized carbons (Fsp3) is 0.385. The Hall–Kier alpha value is -1.08. The van der Waals surface area contributed by atoms with Gasteiger partial charge in [-0.2, -0.15) is 0 Å². The molecule has 0 radical (unpaired) electrons. The van der Waals surface area contributed by atoms with E-state index in [0.717, 1.165) is 7.11 Å². The summed E-state index contributed by atoms with van der Waals surface area (Å²) in [4.78, 5) is 0. The summed E-state index contributed by atoms with van der Waals surface area (Å²) in [5.41, 5.74) is 2.69. The number of rotatable bonds is 2. The minimum atomic E-state index is 0.629. The molecule has 1 aromatic carbocycles. The summed E-state index contributed by atoms with van der Waals surface area (Å²) in [5.74, 6) is 0.629. The van der Waals surface area contributed by atoms with Gasteiger partial charge in [0.15, 0.2) is 0 Å². The van der Waals surface area contributed by atoms with Crippen LogP contribution >= 0.6 is 0 Å². The van der Waals surface area contributed by atoms with E-state index in [0.29, 0.717) is 5.92 Å². The van der Waals surface area contributed by atoms with E-state index >= 15 is 0 Å². The highest BCUT2D eigenvalue weighted by Crippen LogP contribution is 2.15. The Labute approximate surface area is 87.1 Å². The molecule has 0 aliphatic rings. The average molecular weight is 192 g/mol. The first-order chi connectivity index (χ1) is 6.74. The van der Waals surface area contributed by atoms with E-state index in [1.165, 1.54) is 11.1 Å². The van der Waals surface area contributed by atoms with Gasteiger partial charge < -0.3 is 5.11 Å². The molecular weight excluding hydrogens is 172 g/mol. The summed E-state index contributed by atoms with van der Waals surface area (Å²) < 4.78 is 0. The third-order valence-corrected chi connectivity index (χ3v) is 1.96. The van der Waals surface area contributed by atoms with Gasteiger partial charge in [-0.25, -0.2) is 0 Å². The lowest BCUT2D eigenvalue weighted by Gasteiger charge is -2.04. The van der Waals surface area contributed by atoms with Crippen molar-refractivity contribution in [3.05, 3.63) is 41.5 Å². The smallest absolute Gasteiger partial charge is 0.0319 e. The predicted octanol–water partition coefficient (Wildman–Crippen LogP) is 3.45. The zero-order chi connectivity index (χ0) is 11.0. The SMILES string of the molecule is C/C=C/c1ccc(C(C)C)cc1.CO. The van der Waals surface area contributed by atoms with Gasteiger partial charge in [-0.3, -0.25) is 0 Å². The van der Waals surface area contributed by atoms with Crippen molar-refractivity contribution in [2.45, 2.75) is 26.7 Å². The van der Waals surface area contributed by atoms with Crippen LogP contribution in [0.5, 0.6) is 0 Å². The van der Waals surface area contributed by atoms with E-state index in [4.69, 9.17) is 5.11 Å². The molecule has 0 saturated heterocycles. The molecule has 0 unspecified atom stereocenters. The highest BCUT2D eigenvalue weighted by Gasteiger charge is 1.96. The Balaban J connectivity index is 0.000000791. The quantitative estimate of drug-likeness (QED) is 0.761. The van der Waals surface area contributed by atoms with E-state index in [9.17, 15) is 0 Å². The predicted molar refractivity (Wildman–Crippen MR) is 63.4 cm³/mol. The highest BCUT2D eigenvalue weighted by atomic mass is 16.2. The number of allylic oxidation sites excluding steroid dienone is 1. The van der Waals surface area contributed by atoms with E-state index < -0.39 is 0 Å². The molecular formula is C13H20O. The second-order valence-corrected chi connectivity index (χ2v) is 3.32. The normalized spacial score (nSPS) is 10.1. The summed E-state index contributed by atoms with van der Waals surface area (Å²) in [5, 5.41) is 7.00. The number of benzene rings is 1. The van der Waals surface area contributed by atoms with E-state index in [-0.39, 0.29) is 0 Å². The Bertz CT molecular complexity index is 257. The van der Waals surface area contributed by atoms with E-state index in [1.54, 1.807) is 0 Å². The first kappa shape index (κ1) is 12.9. The van der Waals surface area contributed by atoms with Crippen LogP contribution in [0.15, 0.2) is 30.3 Å². The molecule has 1 N–H and O–H groups in total. The van der Waals surface area contributed by atoms with Gasteiger partial charge in [-0.15, -0.1) is 0 Å². The molecule has 0 aromatic heterocycles. The Morgan fingerprint density at radius 3 is 1.93 bits per heavy atom. The average Bonchev–Trinajstić information content (AvgIpc) is 2.22. The summed E-state index contributed by atoms with van der Waals surface area (Å²) in [6, 6.07) is 8.71. The number of aliphatic hydroxyl groups is 1. The van der Waals surface area contributed by atoms with Crippen molar-refractivity contribution in [3.63, 3.8) is 0 Å². The van der Waals surface area contributed by atoms with Crippen molar-refractivity contribution in [1.29, 1.82) is 0 Å². The Morgan fingerprint density at radius 1 is 1.07 bits per heavy atom. The van der Waals surface area contributed by atoms with E-state index in [1.807, 2.05) is 6.92 Å². The number of hydrogen-bond donors (Lipinski definition) is 1. The lowest BCUT2D eigenvalue weighted by molar-refractivity contribution is 0.399. The van der Waals surface area contributed by atoms with Crippen LogP contribution in [-0.4, -0.2) is 12.2 Å². The van der Waals surface area contributed by atoms with Crippen molar-refractivity contribution in [3.8, 4) is 0 Å². The lowest BCUT2D eigenvalue weighted by Crippen LogP contribution is -1.85. The van der Waals surface area contributed by atoms with Gasteiger partial charge in [0.25, 0.3) is 0 Å². The maximum Gasteiger partial charge on any atom is 0.0319 e. The summed E-state index contributed by atoms with van der Waals surface area (Å²) in [7, 11) is 1.00. The molecule has 0 bridgehead atoms. The van der Waals surface area contributed by atoms with Crippen LogP contribution in [0.1, 0.15) is 37.8 Å². The van der Waals surface area contributed by atoms with Crippen LogP contribution < -0.4 is 0 Å². The van der Waals surface area contributed by atoms with Crippen LogP contribution in [0.2, 0.25) is 0 Å². The molecule has 1 heteroatoms. The molecule has 1 aromatic rings. The fourth-order valence-corrected chi connectivity index (χ4v) is 1.18. The van der Waals surface area contributed by atoms with Crippen molar-refractivity contribution in [2.24, 2.45) is 0 Å². The monoisotopic (exact) mass is 192 g/mol. The Kier molecular flexibility index (Phi) is 6.77. The standard InChI is InChI=1S/C12H16.CH4O/c1-4-5-11-6-8-12(9-7-11)10(2)3;1-2/h4-10H,1-3H3;2H,1H3/b5-4+;. The third kappa shape index (κ3) is 4.24. The van der Waals surface area contributed by atoms with Crippen molar-refractivity contribution >= 4 is 6.08 Å². The van der Waals surface area contributed by atoms with Gasteiger partial charge in [-0.05, 0) is 24.0 Å². The maximum absolute atomic E-state index is 7.00. The first-order valence-corrected chi connectivity index (χ1v) is 4.91. The number of hydrogen-bond acceptors (Lipinski definition) is 1. The molecule has 14 heavy (non-hydrogen) atoms. The third-order valence-electron chi connectivity index (χ3n) is 1.96. The van der Waals surface area contributed by atoms with Crippen LogP contribution in [0.25, 0.3) is 6.08 Å². The molecule has 0 amide bonds. The molecule has 0 fully saturated rings. The zero-order valence-corrected chi connectivity index (χ0v) is 9.49. The summed E-state index contributed by atoms with van der Waals surface area (Å²) in [6.07, 6.45) is 4.18. The van der Waals surface area contributed by atoms with Crippen LogP contribution in [-0.2, 0) is 0 Å². The van der Waals surface area contributed by atoms with Crippen LogP contribution in [0, 0.1) is 0 Å². The van der Waals surface area contributed by atoms with E-state index in [2.05, 4.69) is 50.3 Å². The van der Waals surface area contributed by atoms with Gasteiger partial charge in [0.1, 0.15) is 0 Å². The van der Waals surface area contributed by atoms with Crippen molar-refractivity contribution in [2.75, 3.05) is 7.11 Å². The van der Waals surface area contributed by atoms with Gasteiger partial charge in [-0.1, -0.05) is 50.3 Å². The topological polar surface area (TPSA) is 20.2 Å². The lowest BCUT2D eigenvalue weighted by atomic mass is 10.0. The molecule has 0 aliphatic carbocycles. The van der Waals surface area contributed by atoms with Gasteiger partial charge in [0.05, 0.1) is 0 Å². The Morgan fingerprint density at radius 2 is 1.57 bits per heavy atom. The van der Waals surface area contributed by atoms with Crippen molar-refractivity contribution in [1.82, 2.24) is 0 Å². The largest absolute Gasteiger partial charge is 0.400 e. The molecule has 0 aliphatic heterocycles. The van der Waals surface area contributed by atoms with Gasteiger partial charge in [0, 0.05) is 7.11 Å². The minimum absolute atomic E-state index is 0.629. The summed E-state index contributed by atoms with van der Waals surface area (Å²) in [6.45, 7) is 6.46. The highest BCUT2D eigenvalue weighted by molar-refractivity contribution is 5.49. The second-order valence-electron chi connectivity index (χ2n) is 3.32. The van der Waals surface area contributed by atoms with Crippen LogP contribution in [0.4, 0.5) is 0 Å². The maximum atomic E-state index is 7.00. The van der Waals surface area contributed by atoms with Crippen LogP contribution in [0.3, 0.4) is 0 Å². The second kappa shape index (κ2) is 7.34. The molecule has 1 nitrogen and oxygen atoms in total. The van der Waals surface area contributed by atoms with Gasteiger partial charge in [0.2, 0.25) is 0 Å².